The molecule has 1 amide bonds. The number of carbonyl (C=O) groups excluding carboxylic acids is 1. The maximum atomic E-state index is 12.0. The number of nitrogens with one attached hydrogen (secondary N) is 1. The second-order valence-corrected chi connectivity index (χ2v) is 4.33. The van der Waals surface area contributed by atoms with E-state index in [1.165, 1.54) is 0 Å². The van der Waals surface area contributed by atoms with E-state index in [0.29, 0.717) is 5.57 Å². The minimum absolute atomic E-state index is 0.0657. The van der Waals surface area contributed by atoms with Crippen LogP contribution in [-0.4, -0.2) is 13.0 Å². The van der Waals surface area contributed by atoms with E-state index in [1.807, 2.05) is 54.6 Å². The van der Waals surface area contributed by atoms with Crippen LogP contribution in [0, 0.1) is 0 Å². The molecule has 0 aliphatic carbocycles. The smallest absolute Gasteiger partial charge is 0.256 e. The Bertz CT molecular complexity index is 674. The Kier molecular flexibility index (Phi) is 2.80. The summed E-state index contributed by atoms with van der Waals surface area (Å²) < 4.78 is 5.19. The van der Waals surface area contributed by atoms with Gasteiger partial charge in [0.05, 0.1) is 7.11 Å². The molecule has 1 aliphatic heterocycles. The number of hydrogen-bond donors (Lipinski definition) is 1. The molecule has 94 valence electrons. The van der Waals surface area contributed by atoms with E-state index in [1.54, 1.807) is 7.11 Å². The van der Waals surface area contributed by atoms with Crippen molar-refractivity contribution < 1.29 is 9.53 Å². The normalized spacial score (nSPS) is 15.2. The Balaban J connectivity index is 2.06. The van der Waals surface area contributed by atoms with Gasteiger partial charge in [-0.3, -0.25) is 4.79 Å². The number of ether oxygens (including phenoxy) is 1. The minimum atomic E-state index is -0.0657. The largest absolute Gasteiger partial charge is 0.497 e. The van der Waals surface area contributed by atoms with Gasteiger partial charge in [0.25, 0.3) is 5.91 Å². The molecule has 0 atom stereocenters. The highest BCUT2D eigenvalue weighted by atomic mass is 16.5. The van der Waals surface area contributed by atoms with Crippen LogP contribution in [0.15, 0.2) is 48.5 Å². The van der Waals surface area contributed by atoms with Crippen LogP contribution in [-0.2, 0) is 4.79 Å². The van der Waals surface area contributed by atoms with Gasteiger partial charge in [-0.15, -0.1) is 0 Å². The number of para-hydroxylation sites is 1. The molecular weight excluding hydrogens is 238 g/mol. The lowest BCUT2D eigenvalue weighted by atomic mass is 10.0. The van der Waals surface area contributed by atoms with Crippen molar-refractivity contribution in [1.29, 1.82) is 0 Å². The van der Waals surface area contributed by atoms with E-state index in [4.69, 9.17) is 4.74 Å². The predicted molar refractivity (Wildman–Crippen MR) is 75.9 cm³/mol. The molecule has 0 bridgehead atoms. The molecule has 2 aromatic carbocycles. The molecule has 0 spiro atoms. The molecule has 1 N–H and O–H groups in total. The highest BCUT2D eigenvalue weighted by molar-refractivity contribution is 6.34. The van der Waals surface area contributed by atoms with E-state index in [2.05, 4.69) is 5.32 Å². The van der Waals surface area contributed by atoms with E-state index < -0.39 is 0 Å². The van der Waals surface area contributed by atoms with Crippen LogP contribution >= 0.6 is 0 Å². The van der Waals surface area contributed by atoms with E-state index in [-0.39, 0.29) is 5.91 Å². The summed E-state index contributed by atoms with van der Waals surface area (Å²) >= 11 is 0. The molecule has 0 unspecified atom stereocenters. The third kappa shape index (κ3) is 2.10. The van der Waals surface area contributed by atoms with Crippen molar-refractivity contribution in [2.24, 2.45) is 0 Å². The van der Waals surface area contributed by atoms with Gasteiger partial charge >= 0.3 is 0 Å². The summed E-state index contributed by atoms with van der Waals surface area (Å²) in [6.45, 7) is 0. The lowest BCUT2D eigenvalue weighted by molar-refractivity contribution is -0.110. The van der Waals surface area contributed by atoms with Gasteiger partial charge in [0, 0.05) is 16.8 Å². The number of anilines is 1. The third-order valence-corrected chi connectivity index (χ3v) is 3.11. The molecule has 0 radical (unpaired) electrons. The molecule has 0 saturated heterocycles. The molecule has 0 aromatic heterocycles. The quantitative estimate of drug-likeness (QED) is 0.832. The Labute approximate surface area is 111 Å². The first-order chi connectivity index (χ1) is 9.28. The molecule has 0 fully saturated rings. The SMILES string of the molecule is COc1cccc(/C=C2\C(=O)Nc3ccccc32)c1. The maximum Gasteiger partial charge on any atom is 0.256 e. The third-order valence-electron chi connectivity index (χ3n) is 3.11. The zero-order valence-corrected chi connectivity index (χ0v) is 10.5. The van der Waals surface area contributed by atoms with E-state index in [9.17, 15) is 4.79 Å². The zero-order chi connectivity index (χ0) is 13.2. The van der Waals surface area contributed by atoms with Gasteiger partial charge in [0.1, 0.15) is 5.75 Å². The van der Waals surface area contributed by atoms with Crippen LogP contribution in [0.2, 0.25) is 0 Å². The summed E-state index contributed by atoms with van der Waals surface area (Å²) in [5.74, 6) is 0.713. The highest BCUT2D eigenvalue weighted by Crippen LogP contribution is 2.32. The number of carbonyl (C=O) groups is 1. The zero-order valence-electron chi connectivity index (χ0n) is 10.5. The molecular formula is C16H13NO2. The second-order valence-electron chi connectivity index (χ2n) is 4.33. The Morgan fingerprint density at radius 3 is 2.79 bits per heavy atom. The topological polar surface area (TPSA) is 38.3 Å². The van der Waals surface area contributed by atoms with Gasteiger partial charge in [0.2, 0.25) is 0 Å². The first kappa shape index (κ1) is 11.5. The van der Waals surface area contributed by atoms with Crippen molar-refractivity contribution >= 4 is 23.2 Å². The van der Waals surface area contributed by atoms with Crippen LogP contribution in [0.25, 0.3) is 11.6 Å². The van der Waals surface area contributed by atoms with Crippen LogP contribution in [0.3, 0.4) is 0 Å². The van der Waals surface area contributed by atoms with Crippen LogP contribution in [0.5, 0.6) is 5.75 Å². The van der Waals surface area contributed by atoms with Gasteiger partial charge < -0.3 is 10.1 Å². The molecule has 0 saturated carbocycles. The van der Waals surface area contributed by atoms with Crippen molar-refractivity contribution in [2.45, 2.75) is 0 Å². The number of rotatable bonds is 2. The van der Waals surface area contributed by atoms with Gasteiger partial charge in [-0.05, 0) is 29.8 Å². The van der Waals surface area contributed by atoms with E-state index in [0.717, 1.165) is 22.6 Å². The van der Waals surface area contributed by atoms with Gasteiger partial charge in [0.15, 0.2) is 0 Å². The molecule has 3 nitrogen and oxygen atoms in total. The fraction of sp³-hybridized carbons (Fsp3) is 0.0625. The molecule has 3 heteroatoms. The molecule has 1 heterocycles. The number of amides is 1. The van der Waals surface area contributed by atoms with Gasteiger partial charge in [-0.25, -0.2) is 0 Å². The molecule has 3 rings (SSSR count). The first-order valence-corrected chi connectivity index (χ1v) is 6.04. The van der Waals surface area contributed by atoms with Crippen molar-refractivity contribution in [2.75, 3.05) is 12.4 Å². The van der Waals surface area contributed by atoms with Crippen molar-refractivity contribution in [1.82, 2.24) is 0 Å². The second kappa shape index (κ2) is 4.61. The average Bonchev–Trinajstić information content (AvgIpc) is 2.76. The monoisotopic (exact) mass is 251 g/mol. The summed E-state index contributed by atoms with van der Waals surface area (Å²) in [5.41, 5.74) is 3.43. The standard InChI is InChI=1S/C16H13NO2/c1-19-12-6-4-5-11(9-12)10-14-13-7-2-3-8-15(13)17-16(14)18/h2-10H,1H3,(H,17,18)/b14-10-. The summed E-state index contributed by atoms with van der Waals surface area (Å²) in [5, 5.41) is 2.86. The van der Waals surface area contributed by atoms with Crippen LogP contribution in [0.1, 0.15) is 11.1 Å². The summed E-state index contributed by atoms with van der Waals surface area (Å²) in [6.07, 6.45) is 1.88. The van der Waals surface area contributed by atoms with Crippen LogP contribution < -0.4 is 10.1 Å². The molecule has 19 heavy (non-hydrogen) atoms. The maximum absolute atomic E-state index is 12.0. The summed E-state index contributed by atoms with van der Waals surface area (Å²) in [4.78, 5) is 12.0. The van der Waals surface area contributed by atoms with Gasteiger partial charge in [-0.2, -0.15) is 0 Å². The fourth-order valence-corrected chi connectivity index (χ4v) is 2.18. The van der Waals surface area contributed by atoms with Crippen LogP contribution in [0.4, 0.5) is 5.69 Å². The molecule has 1 aliphatic rings. The summed E-state index contributed by atoms with van der Waals surface area (Å²) in [7, 11) is 1.63. The highest BCUT2D eigenvalue weighted by Gasteiger charge is 2.23. The average molecular weight is 251 g/mol. The van der Waals surface area contributed by atoms with E-state index >= 15 is 0 Å². The first-order valence-electron chi connectivity index (χ1n) is 6.04. The predicted octanol–water partition coefficient (Wildman–Crippen LogP) is 3.19. The number of benzene rings is 2. The number of methoxy groups -OCH3 is 1. The lowest BCUT2D eigenvalue weighted by Crippen LogP contribution is -2.03. The minimum Gasteiger partial charge on any atom is -0.497 e. The van der Waals surface area contributed by atoms with Crippen molar-refractivity contribution in [3.63, 3.8) is 0 Å². The Morgan fingerprint density at radius 1 is 1.11 bits per heavy atom. The van der Waals surface area contributed by atoms with Crippen molar-refractivity contribution in [3.05, 3.63) is 59.7 Å². The number of fused-ring (bicyclic) bond motifs is 1. The number of hydrogen-bond acceptors (Lipinski definition) is 2. The van der Waals surface area contributed by atoms with Crippen molar-refractivity contribution in [3.8, 4) is 5.75 Å². The molecule has 2 aromatic rings. The lowest BCUT2D eigenvalue weighted by Gasteiger charge is -2.01. The summed E-state index contributed by atoms with van der Waals surface area (Å²) in [6, 6.07) is 15.3. The fourth-order valence-electron chi connectivity index (χ4n) is 2.18. The Morgan fingerprint density at radius 2 is 1.95 bits per heavy atom. The van der Waals surface area contributed by atoms with Gasteiger partial charge in [-0.1, -0.05) is 30.3 Å². The Hall–Kier alpha value is -2.55.